The Morgan fingerprint density at radius 1 is 1.35 bits per heavy atom. The molecule has 0 heterocycles. The van der Waals surface area contributed by atoms with Crippen LogP contribution in [0.25, 0.3) is 0 Å². The molecular formula is C14H21FN2O2S. The maximum absolute atomic E-state index is 14.0. The van der Waals surface area contributed by atoms with E-state index in [4.69, 9.17) is 0 Å². The standard InChI is InChI=1S/C14H21FN2O2S/c1-3-6-17-20(18,19)13-7-10(2)14(15)11(8-13)9-16-12-4-5-12/h7-8,12,16-17H,3-6,9H2,1-2H3. The van der Waals surface area contributed by atoms with Crippen molar-refractivity contribution in [3.63, 3.8) is 0 Å². The Labute approximate surface area is 119 Å². The van der Waals surface area contributed by atoms with E-state index in [1.807, 2.05) is 6.92 Å². The number of rotatable bonds is 7. The van der Waals surface area contributed by atoms with Crippen molar-refractivity contribution in [3.8, 4) is 0 Å². The average molecular weight is 300 g/mol. The molecule has 4 nitrogen and oxygen atoms in total. The molecule has 1 fully saturated rings. The van der Waals surface area contributed by atoms with Crippen molar-refractivity contribution < 1.29 is 12.8 Å². The van der Waals surface area contributed by atoms with E-state index in [1.54, 1.807) is 6.92 Å². The summed E-state index contributed by atoms with van der Waals surface area (Å²) in [5.41, 5.74) is 0.769. The highest BCUT2D eigenvalue weighted by molar-refractivity contribution is 7.89. The first-order valence-corrected chi connectivity index (χ1v) is 8.44. The Hall–Kier alpha value is -0.980. The lowest BCUT2D eigenvalue weighted by atomic mass is 10.1. The number of hydrogen-bond donors (Lipinski definition) is 2. The summed E-state index contributed by atoms with van der Waals surface area (Å²) in [5, 5.41) is 3.21. The van der Waals surface area contributed by atoms with Crippen LogP contribution >= 0.6 is 0 Å². The van der Waals surface area contributed by atoms with Gasteiger partial charge in [-0.05, 0) is 43.9 Å². The number of aryl methyl sites for hydroxylation is 1. The molecule has 0 amide bonds. The van der Waals surface area contributed by atoms with Crippen LogP contribution in [0.15, 0.2) is 17.0 Å². The largest absolute Gasteiger partial charge is 0.310 e. The van der Waals surface area contributed by atoms with Crippen LogP contribution in [0.2, 0.25) is 0 Å². The first kappa shape index (κ1) is 15.4. The zero-order valence-electron chi connectivity index (χ0n) is 11.9. The van der Waals surface area contributed by atoms with Gasteiger partial charge in [0.25, 0.3) is 0 Å². The summed E-state index contributed by atoms with van der Waals surface area (Å²) in [6.07, 6.45) is 2.93. The second-order valence-electron chi connectivity index (χ2n) is 5.27. The Morgan fingerprint density at radius 2 is 2.05 bits per heavy atom. The minimum atomic E-state index is -3.55. The molecule has 0 unspecified atom stereocenters. The van der Waals surface area contributed by atoms with E-state index in [1.165, 1.54) is 12.1 Å². The predicted octanol–water partition coefficient (Wildman–Crippen LogP) is 2.07. The molecule has 1 aromatic carbocycles. The molecule has 112 valence electrons. The van der Waals surface area contributed by atoms with Crippen LogP contribution in [-0.4, -0.2) is 21.0 Å². The molecule has 6 heteroatoms. The molecule has 1 saturated carbocycles. The summed E-state index contributed by atoms with van der Waals surface area (Å²) in [7, 11) is -3.55. The lowest BCUT2D eigenvalue weighted by molar-refractivity contribution is 0.569. The zero-order valence-corrected chi connectivity index (χ0v) is 12.7. The van der Waals surface area contributed by atoms with Gasteiger partial charge in [0, 0.05) is 24.7 Å². The van der Waals surface area contributed by atoms with Crippen LogP contribution in [-0.2, 0) is 16.6 Å². The molecule has 1 aromatic rings. The van der Waals surface area contributed by atoms with Crippen LogP contribution < -0.4 is 10.0 Å². The van der Waals surface area contributed by atoms with Crippen LogP contribution in [0, 0.1) is 12.7 Å². The lowest BCUT2D eigenvalue weighted by Crippen LogP contribution is -2.25. The van der Waals surface area contributed by atoms with Gasteiger partial charge in [-0.15, -0.1) is 0 Å². The van der Waals surface area contributed by atoms with Gasteiger partial charge >= 0.3 is 0 Å². The normalized spacial score (nSPS) is 15.6. The maximum atomic E-state index is 14.0. The third-order valence-electron chi connectivity index (χ3n) is 3.31. The van der Waals surface area contributed by atoms with Crippen molar-refractivity contribution in [2.45, 2.75) is 50.6 Å². The number of halogens is 1. The molecule has 20 heavy (non-hydrogen) atoms. The van der Waals surface area contributed by atoms with Crippen LogP contribution in [0.4, 0.5) is 4.39 Å². The van der Waals surface area contributed by atoms with E-state index in [0.29, 0.717) is 30.3 Å². The van der Waals surface area contributed by atoms with Crippen molar-refractivity contribution in [1.29, 1.82) is 0 Å². The minimum Gasteiger partial charge on any atom is -0.310 e. The number of nitrogens with one attached hydrogen (secondary N) is 2. The third-order valence-corrected chi connectivity index (χ3v) is 4.75. The van der Waals surface area contributed by atoms with Crippen molar-refractivity contribution in [1.82, 2.24) is 10.0 Å². The van der Waals surface area contributed by atoms with Gasteiger partial charge in [0.1, 0.15) is 5.82 Å². The van der Waals surface area contributed by atoms with Crippen molar-refractivity contribution in [2.75, 3.05) is 6.54 Å². The smallest absolute Gasteiger partial charge is 0.240 e. The van der Waals surface area contributed by atoms with Gasteiger partial charge in [0.2, 0.25) is 10.0 Å². The van der Waals surface area contributed by atoms with Crippen LogP contribution in [0.5, 0.6) is 0 Å². The first-order chi connectivity index (χ1) is 9.44. The SMILES string of the molecule is CCCNS(=O)(=O)c1cc(C)c(F)c(CNC2CC2)c1. The van der Waals surface area contributed by atoms with E-state index >= 15 is 0 Å². The Balaban J connectivity index is 2.24. The highest BCUT2D eigenvalue weighted by Gasteiger charge is 2.22. The maximum Gasteiger partial charge on any atom is 0.240 e. The quantitative estimate of drug-likeness (QED) is 0.810. The van der Waals surface area contributed by atoms with Gasteiger partial charge in [-0.3, -0.25) is 0 Å². The molecule has 0 aliphatic heterocycles. The Morgan fingerprint density at radius 3 is 2.65 bits per heavy atom. The molecule has 0 saturated heterocycles. The van der Waals surface area contributed by atoms with Gasteiger partial charge in [-0.25, -0.2) is 17.5 Å². The molecule has 0 radical (unpaired) electrons. The van der Waals surface area contributed by atoms with E-state index in [9.17, 15) is 12.8 Å². The molecule has 2 rings (SSSR count). The van der Waals surface area contributed by atoms with Gasteiger partial charge in [-0.2, -0.15) is 0 Å². The average Bonchev–Trinajstić information content (AvgIpc) is 3.22. The van der Waals surface area contributed by atoms with Crippen molar-refractivity contribution in [2.24, 2.45) is 0 Å². The van der Waals surface area contributed by atoms with Gasteiger partial charge < -0.3 is 5.32 Å². The minimum absolute atomic E-state index is 0.137. The van der Waals surface area contributed by atoms with E-state index in [2.05, 4.69) is 10.0 Å². The summed E-state index contributed by atoms with van der Waals surface area (Å²) >= 11 is 0. The fourth-order valence-electron chi connectivity index (χ4n) is 1.95. The molecular weight excluding hydrogens is 279 g/mol. The fraction of sp³-hybridized carbons (Fsp3) is 0.571. The summed E-state index contributed by atoms with van der Waals surface area (Å²) in [6, 6.07) is 3.26. The molecule has 0 spiro atoms. The predicted molar refractivity (Wildman–Crippen MR) is 76.5 cm³/mol. The zero-order chi connectivity index (χ0) is 14.8. The van der Waals surface area contributed by atoms with Gasteiger partial charge in [0.05, 0.1) is 4.90 Å². The highest BCUT2D eigenvalue weighted by Crippen LogP contribution is 2.22. The summed E-state index contributed by atoms with van der Waals surface area (Å²) < 4.78 is 40.7. The number of benzene rings is 1. The van der Waals surface area contributed by atoms with Crippen molar-refractivity contribution in [3.05, 3.63) is 29.1 Å². The fourth-order valence-corrected chi connectivity index (χ4v) is 3.22. The summed E-state index contributed by atoms with van der Waals surface area (Å²) in [4.78, 5) is 0.137. The van der Waals surface area contributed by atoms with Crippen molar-refractivity contribution >= 4 is 10.0 Å². The Kier molecular flexibility index (Phi) is 4.78. The molecule has 2 N–H and O–H groups in total. The second-order valence-corrected chi connectivity index (χ2v) is 7.03. The summed E-state index contributed by atoms with van der Waals surface area (Å²) in [6.45, 7) is 4.24. The number of sulfonamides is 1. The Bertz CT molecular complexity index is 583. The van der Waals surface area contributed by atoms with Crippen LogP contribution in [0.1, 0.15) is 37.3 Å². The summed E-state index contributed by atoms with van der Waals surface area (Å²) in [5.74, 6) is -0.326. The third kappa shape index (κ3) is 3.77. The first-order valence-electron chi connectivity index (χ1n) is 6.96. The van der Waals surface area contributed by atoms with E-state index in [0.717, 1.165) is 19.3 Å². The highest BCUT2D eigenvalue weighted by atomic mass is 32.2. The molecule has 0 atom stereocenters. The van der Waals surface area contributed by atoms with Gasteiger partial charge in [-0.1, -0.05) is 6.92 Å². The monoisotopic (exact) mass is 300 g/mol. The topological polar surface area (TPSA) is 58.2 Å². The number of hydrogen-bond acceptors (Lipinski definition) is 3. The molecule has 0 bridgehead atoms. The molecule has 1 aliphatic carbocycles. The molecule has 1 aliphatic rings. The van der Waals surface area contributed by atoms with E-state index in [-0.39, 0.29) is 10.7 Å². The van der Waals surface area contributed by atoms with E-state index < -0.39 is 10.0 Å². The van der Waals surface area contributed by atoms with Gasteiger partial charge in [0.15, 0.2) is 0 Å². The van der Waals surface area contributed by atoms with Crippen LogP contribution in [0.3, 0.4) is 0 Å². The molecule has 0 aromatic heterocycles. The second kappa shape index (κ2) is 6.20. The lowest BCUT2D eigenvalue weighted by Gasteiger charge is -2.11.